The fourth-order valence-electron chi connectivity index (χ4n) is 1.14. The molecule has 1 fully saturated rings. The van der Waals surface area contributed by atoms with Crippen molar-refractivity contribution in [1.29, 1.82) is 0 Å². The summed E-state index contributed by atoms with van der Waals surface area (Å²) in [5.74, 6) is 0.838. The van der Waals surface area contributed by atoms with Crippen molar-refractivity contribution >= 4 is 17.4 Å². The van der Waals surface area contributed by atoms with E-state index < -0.39 is 0 Å². The highest BCUT2D eigenvalue weighted by Crippen LogP contribution is 2.37. The summed E-state index contributed by atoms with van der Waals surface area (Å²) in [6.45, 7) is 2.20. The van der Waals surface area contributed by atoms with Gasteiger partial charge in [0.1, 0.15) is 0 Å². The second-order valence-corrected chi connectivity index (χ2v) is 2.75. The van der Waals surface area contributed by atoms with E-state index in [2.05, 4.69) is 29.3 Å². The molecular weight excluding hydrogens is 130 g/mol. The molecule has 0 aromatic rings. The van der Waals surface area contributed by atoms with Crippen LogP contribution in [-0.4, -0.2) is 11.2 Å². The number of aliphatic imine (C=N–C) groups is 1. The molecule has 50 valence electrons. The van der Waals surface area contributed by atoms with Crippen molar-refractivity contribution < 1.29 is 0 Å². The summed E-state index contributed by atoms with van der Waals surface area (Å²) in [6.07, 6.45) is 3.83. The molecule has 0 radical (unpaired) electrons. The largest absolute Gasteiger partial charge is 0.229 e. The molecule has 0 spiro atoms. The van der Waals surface area contributed by atoms with E-state index in [-0.39, 0.29) is 0 Å². The van der Waals surface area contributed by atoms with Crippen molar-refractivity contribution in [1.82, 2.24) is 0 Å². The predicted octanol–water partition coefficient (Wildman–Crippen LogP) is 2.28. The maximum absolute atomic E-state index is 4.49. The van der Waals surface area contributed by atoms with E-state index in [9.17, 15) is 0 Å². The first-order valence-electron chi connectivity index (χ1n) is 3.45. The van der Waals surface area contributed by atoms with Gasteiger partial charge in [-0.3, -0.25) is 0 Å². The van der Waals surface area contributed by atoms with Crippen LogP contribution in [0, 0.1) is 5.92 Å². The SMILES string of the molecule is CCCC1CC1N=C=S. The monoisotopic (exact) mass is 141 g/mol. The molecule has 0 N–H and O–H groups in total. The molecule has 1 aliphatic carbocycles. The third-order valence-corrected chi connectivity index (χ3v) is 1.87. The molecule has 0 amide bonds. The Hall–Kier alpha value is -0.200. The first kappa shape index (κ1) is 6.91. The van der Waals surface area contributed by atoms with E-state index in [1.807, 2.05) is 0 Å². The Balaban J connectivity index is 2.16. The van der Waals surface area contributed by atoms with Gasteiger partial charge in [0.05, 0.1) is 11.2 Å². The molecule has 0 aromatic carbocycles. The molecular formula is C7H11NS. The maximum atomic E-state index is 4.49. The van der Waals surface area contributed by atoms with Crippen molar-refractivity contribution in [3.63, 3.8) is 0 Å². The summed E-state index contributed by atoms with van der Waals surface area (Å²) in [5, 5.41) is 2.43. The van der Waals surface area contributed by atoms with Crippen LogP contribution < -0.4 is 0 Å². The third-order valence-electron chi connectivity index (χ3n) is 1.76. The second-order valence-electron chi connectivity index (χ2n) is 2.57. The lowest BCUT2D eigenvalue weighted by Crippen LogP contribution is -1.81. The number of thiocarbonyl (C=S) groups is 1. The average Bonchev–Trinajstić information content (AvgIpc) is 2.50. The van der Waals surface area contributed by atoms with Crippen LogP contribution in [-0.2, 0) is 0 Å². The van der Waals surface area contributed by atoms with Crippen molar-refractivity contribution in [2.45, 2.75) is 32.2 Å². The highest BCUT2D eigenvalue weighted by Gasteiger charge is 2.35. The molecule has 1 saturated carbocycles. The van der Waals surface area contributed by atoms with E-state index >= 15 is 0 Å². The molecule has 2 heteroatoms. The molecule has 0 heterocycles. The van der Waals surface area contributed by atoms with E-state index in [4.69, 9.17) is 0 Å². The van der Waals surface area contributed by atoms with Crippen LogP contribution >= 0.6 is 12.2 Å². The summed E-state index contributed by atoms with van der Waals surface area (Å²) >= 11 is 4.49. The number of hydrogen-bond acceptors (Lipinski definition) is 2. The van der Waals surface area contributed by atoms with Gasteiger partial charge in [-0.25, -0.2) is 4.99 Å². The number of nitrogens with zero attached hydrogens (tertiary/aromatic N) is 1. The third kappa shape index (κ3) is 1.88. The standard InChI is InChI=1S/C7H11NS/c1-2-3-6-4-7(6)8-5-9/h6-7H,2-4H2,1H3. The van der Waals surface area contributed by atoms with Crippen molar-refractivity contribution in [3.05, 3.63) is 0 Å². The molecule has 1 rings (SSSR count). The highest BCUT2D eigenvalue weighted by atomic mass is 32.1. The minimum Gasteiger partial charge on any atom is -0.229 e. The lowest BCUT2D eigenvalue weighted by Gasteiger charge is -1.87. The summed E-state index contributed by atoms with van der Waals surface area (Å²) in [4.78, 5) is 4.00. The fraction of sp³-hybridized carbons (Fsp3) is 0.857. The molecule has 2 unspecified atom stereocenters. The molecule has 9 heavy (non-hydrogen) atoms. The van der Waals surface area contributed by atoms with Gasteiger partial charge < -0.3 is 0 Å². The normalized spacial score (nSPS) is 31.2. The highest BCUT2D eigenvalue weighted by molar-refractivity contribution is 7.78. The first-order valence-corrected chi connectivity index (χ1v) is 3.86. The lowest BCUT2D eigenvalue weighted by molar-refractivity contribution is 0.685. The quantitative estimate of drug-likeness (QED) is 0.434. The van der Waals surface area contributed by atoms with Gasteiger partial charge in [-0.1, -0.05) is 13.3 Å². The lowest BCUT2D eigenvalue weighted by atomic mass is 10.2. The maximum Gasteiger partial charge on any atom is 0.0635 e. The van der Waals surface area contributed by atoms with E-state index in [1.165, 1.54) is 19.3 Å². The van der Waals surface area contributed by atoms with E-state index in [0.29, 0.717) is 6.04 Å². The summed E-state index contributed by atoms with van der Waals surface area (Å²) in [6, 6.07) is 0.544. The van der Waals surface area contributed by atoms with Crippen LogP contribution in [0.25, 0.3) is 0 Å². The van der Waals surface area contributed by atoms with Gasteiger partial charge in [-0.15, -0.1) is 0 Å². The Morgan fingerprint density at radius 2 is 2.56 bits per heavy atom. The zero-order valence-electron chi connectivity index (χ0n) is 5.63. The van der Waals surface area contributed by atoms with Crippen molar-refractivity contribution in [2.75, 3.05) is 0 Å². The molecule has 1 nitrogen and oxygen atoms in total. The van der Waals surface area contributed by atoms with Crippen LogP contribution in [0.2, 0.25) is 0 Å². The Labute approximate surface area is 61.2 Å². The van der Waals surface area contributed by atoms with Crippen LogP contribution in [0.4, 0.5) is 0 Å². The van der Waals surface area contributed by atoms with Gasteiger partial charge in [0.2, 0.25) is 0 Å². The molecule has 0 aromatic heterocycles. The summed E-state index contributed by atoms with van der Waals surface area (Å²) in [7, 11) is 0. The summed E-state index contributed by atoms with van der Waals surface area (Å²) in [5.41, 5.74) is 0. The van der Waals surface area contributed by atoms with Crippen LogP contribution in [0.3, 0.4) is 0 Å². The summed E-state index contributed by atoms with van der Waals surface area (Å²) < 4.78 is 0. The minimum atomic E-state index is 0.544. The predicted molar refractivity (Wildman–Crippen MR) is 41.8 cm³/mol. The number of hydrogen-bond donors (Lipinski definition) is 0. The van der Waals surface area contributed by atoms with Gasteiger partial charge in [0.15, 0.2) is 0 Å². The van der Waals surface area contributed by atoms with Gasteiger partial charge in [-0.2, -0.15) is 0 Å². The molecule has 0 saturated heterocycles. The number of isothiocyanates is 1. The smallest absolute Gasteiger partial charge is 0.0635 e. The Morgan fingerprint density at radius 3 is 3.11 bits per heavy atom. The van der Waals surface area contributed by atoms with Crippen LogP contribution in [0.1, 0.15) is 26.2 Å². The Bertz CT molecular complexity index is 138. The van der Waals surface area contributed by atoms with Gasteiger partial charge >= 0.3 is 0 Å². The zero-order chi connectivity index (χ0) is 6.69. The second kappa shape index (κ2) is 3.09. The van der Waals surface area contributed by atoms with Crippen LogP contribution in [0.5, 0.6) is 0 Å². The Kier molecular flexibility index (Phi) is 2.38. The van der Waals surface area contributed by atoms with E-state index in [1.54, 1.807) is 0 Å². The first-order chi connectivity index (χ1) is 4.38. The fourth-order valence-corrected chi connectivity index (χ4v) is 1.27. The average molecular weight is 141 g/mol. The van der Waals surface area contributed by atoms with Crippen LogP contribution in [0.15, 0.2) is 4.99 Å². The molecule has 0 aliphatic heterocycles. The van der Waals surface area contributed by atoms with Gasteiger partial charge in [0.25, 0.3) is 0 Å². The molecule has 2 atom stereocenters. The molecule has 0 bridgehead atoms. The van der Waals surface area contributed by atoms with Gasteiger partial charge in [-0.05, 0) is 31.0 Å². The number of rotatable bonds is 3. The minimum absolute atomic E-state index is 0.544. The van der Waals surface area contributed by atoms with E-state index in [0.717, 1.165) is 5.92 Å². The zero-order valence-corrected chi connectivity index (χ0v) is 6.45. The topological polar surface area (TPSA) is 12.4 Å². The van der Waals surface area contributed by atoms with Gasteiger partial charge in [0, 0.05) is 0 Å². The Morgan fingerprint density at radius 1 is 1.78 bits per heavy atom. The van der Waals surface area contributed by atoms with Crippen molar-refractivity contribution in [2.24, 2.45) is 10.9 Å². The molecule has 1 aliphatic rings. The van der Waals surface area contributed by atoms with Crippen molar-refractivity contribution in [3.8, 4) is 0 Å².